The minimum absolute atomic E-state index is 0.491. The second kappa shape index (κ2) is 10.1. The fraction of sp³-hybridized carbons (Fsp3) is 0.467. The third-order valence-corrected chi connectivity index (χ3v) is 3.38. The Morgan fingerprint density at radius 2 is 1.86 bits per heavy atom. The number of rotatable bonds is 9. The van der Waals surface area contributed by atoms with Gasteiger partial charge in [-0.15, -0.1) is 0 Å². The zero-order valence-corrected chi connectivity index (χ0v) is 12.9. The summed E-state index contributed by atoms with van der Waals surface area (Å²) in [6, 6.07) is 9.45. The van der Waals surface area contributed by atoms with Crippen LogP contribution in [0.25, 0.3) is 0 Å². The molecule has 0 bridgehead atoms. The summed E-state index contributed by atoms with van der Waals surface area (Å²) in [4.78, 5) is 10.5. The van der Waals surface area contributed by atoms with Gasteiger partial charge in [0, 0.05) is 13.1 Å². The fourth-order valence-corrected chi connectivity index (χ4v) is 2.05. The first-order chi connectivity index (χ1) is 10.1. The normalized spacial score (nSPS) is 11.7. The van der Waals surface area contributed by atoms with E-state index in [2.05, 4.69) is 22.8 Å². The predicted molar refractivity (Wildman–Crippen MR) is 88.2 cm³/mol. The second-order valence-electron chi connectivity index (χ2n) is 4.86. The number of thiocarbonyl (C=S) groups is 1. The Labute approximate surface area is 130 Å². The SMILES string of the molecule is [15NH2][13C@@H]([13CH2][13CH2][13CH2][13CH2][15NH]C(=S)NCCc1ccccc1)[13C](=O)O. The molecule has 0 aliphatic rings. The van der Waals surface area contributed by atoms with E-state index in [0.717, 1.165) is 32.4 Å². The van der Waals surface area contributed by atoms with Crippen LogP contribution in [0.1, 0.15) is 24.8 Å². The molecule has 5 N–H and O–H groups in total. The summed E-state index contributed by atoms with van der Waals surface area (Å²) < 4.78 is 0. The average Bonchev–Trinajstić information content (AvgIpc) is 2.47. The molecule has 0 radical (unpaired) electrons. The number of hydrogen-bond donors (Lipinski definition) is 4. The van der Waals surface area contributed by atoms with E-state index in [1.54, 1.807) is 0 Å². The topological polar surface area (TPSA) is 87.4 Å². The molecule has 0 heterocycles. The summed E-state index contributed by atoms with van der Waals surface area (Å²) in [6.45, 7) is 1.52. The molecular weight excluding hydrogens is 294 g/mol. The van der Waals surface area contributed by atoms with Gasteiger partial charge in [-0.1, -0.05) is 30.3 Å². The molecule has 0 fully saturated rings. The highest BCUT2D eigenvalue weighted by Gasteiger charge is 2.09. The Morgan fingerprint density at radius 3 is 2.52 bits per heavy atom. The third kappa shape index (κ3) is 8.27. The molecule has 0 saturated heterocycles. The highest BCUT2D eigenvalue weighted by Crippen LogP contribution is 1.99. The molecule has 1 atom stereocenters. The van der Waals surface area contributed by atoms with Crippen LogP contribution in [0.3, 0.4) is 0 Å². The van der Waals surface area contributed by atoms with E-state index >= 15 is 0 Å². The standard InChI is InChI=1S/C15H23N3O2S/c16-13(14(19)20)8-4-5-10-17-15(21)18-11-9-12-6-2-1-3-7-12/h1-3,6-7,13H,4-5,8-11,16H2,(H,19,20)(H2,17,18,21)/t13-/m0/s1/i4+1,5+1,8+1,10+1,13+1,14+1,16+1,17+1. The molecule has 1 rings (SSSR count). The Kier molecular flexibility index (Phi) is 8.38. The van der Waals surface area contributed by atoms with Gasteiger partial charge in [-0.3, -0.25) is 4.79 Å². The van der Waals surface area contributed by atoms with Gasteiger partial charge in [-0.25, -0.2) is 0 Å². The number of nitrogens with two attached hydrogens (primary N) is 1. The van der Waals surface area contributed by atoms with Crippen LogP contribution < -0.4 is 16.4 Å². The van der Waals surface area contributed by atoms with Gasteiger partial charge in [0.25, 0.3) is 0 Å². The molecular formula is C15H23N3O2S. The summed E-state index contributed by atoms with van der Waals surface area (Å²) in [5, 5.41) is 15.5. The van der Waals surface area contributed by atoms with Crippen LogP contribution in [-0.2, 0) is 11.2 Å². The molecule has 1 aromatic rings. The predicted octanol–water partition coefficient (Wildman–Crippen LogP) is 1.28. The van der Waals surface area contributed by atoms with E-state index in [0.29, 0.717) is 11.5 Å². The molecule has 0 aromatic heterocycles. The lowest BCUT2D eigenvalue weighted by Gasteiger charge is -2.11. The van der Waals surface area contributed by atoms with Crippen molar-refractivity contribution in [3.8, 4) is 0 Å². The number of benzene rings is 1. The van der Waals surface area contributed by atoms with Crippen LogP contribution in [0.5, 0.6) is 0 Å². The molecule has 0 amide bonds. The summed E-state index contributed by atoms with van der Waals surface area (Å²) in [5.41, 5.74) is 6.70. The van der Waals surface area contributed by atoms with Crippen molar-refractivity contribution in [2.75, 3.05) is 13.1 Å². The number of carbonyl (C=O) groups is 1. The number of unbranched alkanes of at least 4 members (excludes halogenated alkanes) is 1. The molecule has 0 unspecified atom stereocenters. The van der Waals surface area contributed by atoms with Crippen molar-refractivity contribution in [3.05, 3.63) is 35.9 Å². The van der Waals surface area contributed by atoms with E-state index in [-0.39, 0.29) is 0 Å². The smallest absolute Gasteiger partial charge is 0.320 e. The maximum atomic E-state index is 10.5. The number of aliphatic carboxylic acids is 1. The maximum Gasteiger partial charge on any atom is 0.320 e. The summed E-state index contributed by atoms with van der Waals surface area (Å²) >= 11 is 5.17. The number of hydrogen-bond acceptors (Lipinski definition) is 3. The molecule has 21 heavy (non-hydrogen) atoms. The van der Waals surface area contributed by atoms with Gasteiger partial charge in [0.2, 0.25) is 0 Å². The lowest BCUT2D eigenvalue weighted by atomic mass is 10.2. The zero-order chi connectivity index (χ0) is 15.5. The van der Waals surface area contributed by atoms with Crippen LogP contribution in [0.4, 0.5) is 0 Å². The van der Waals surface area contributed by atoms with Gasteiger partial charge < -0.3 is 21.5 Å². The van der Waals surface area contributed by atoms with Crippen molar-refractivity contribution in [1.29, 1.82) is 0 Å². The van der Waals surface area contributed by atoms with Crippen molar-refractivity contribution in [1.82, 2.24) is 10.6 Å². The van der Waals surface area contributed by atoms with E-state index in [1.165, 1.54) is 5.56 Å². The van der Waals surface area contributed by atoms with Gasteiger partial charge >= 0.3 is 5.97 Å². The van der Waals surface area contributed by atoms with Crippen LogP contribution in [0, 0.1) is 0 Å². The minimum atomic E-state index is -0.943. The highest BCUT2D eigenvalue weighted by atomic mass is 32.1. The van der Waals surface area contributed by atoms with E-state index in [9.17, 15) is 4.79 Å². The lowest BCUT2D eigenvalue weighted by Crippen LogP contribution is -2.37. The Morgan fingerprint density at radius 1 is 1.19 bits per heavy atom. The van der Waals surface area contributed by atoms with Crippen molar-refractivity contribution in [3.63, 3.8) is 0 Å². The molecule has 0 spiro atoms. The van der Waals surface area contributed by atoms with Crippen molar-refractivity contribution < 1.29 is 9.90 Å². The lowest BCUT2D eigenvalue weighted by molar-refractivity contribution is -0.138. The van der Waals surface area contributed by atoms with Crippen LogP contribution in [0.15, 0.2) is 30.3 Å². The largest absolute Gasteiger partial charge is 0.480 e. The number of carboxylic acids is 1. The van der Waals surface area contributed by atoms with Gasteiger partial charge in [0.1, 0.15) is 6.04 Å². The Hall–Kier alpha value is -1.66. The quantitative estimate of drug-likeness (QED) is 0.237. The van der Waals surface area contributed by atoms with Crippen molar-refractivity contribution >= 4 is 23.3 Å². The van der Waals surface area contributed by atoms with Crippen LogP contribution >= 0.6 is 12.2 Å². The van der Waals surface area contributed by atoms with Crippen molar-refractivity contribution in [2.45, 2.75) is 31.7 Å². The summed E-state index contributed by atoms with van der Waals surface area (Å²) in [5.74, 6) is -0.943. The maximum absolute atomic E-state index is 10.5. The minimum Gasteiger partial charge on any atom is -0.480 e. The number of nitrogens with one attached hydrogen (secondary N) is 2. The second-order valence-corrected chi connectivity index (χ2v) is 5.27. The molecule has 1 aromatic carbocycles. The molecule has 0 aliphatic heterocycles. The molecule has 0 saturated carbocycles. The molecule has 6 heteroatoms. The summed E-state index contributed by atoms with van der Waals surface area (Å²) in [7, 11) is 0. The van der Waals surface area contributed by atoms with Gasteiger partial charge in [-0.2, -0.15) is 0 Å². The van der Waals surface area contributed by atoms with E-state index in [1.807, 2.05) is 18.2 Å². The van der Waals surface area contributed by atoms with Gasteiger partial charge in [0.05, 0.1) is 0 Å². The summed E-state index contributed by atoms with van der Waals surface area (Å²) in [6.07, 6.45) is 3.04. The monoisotopic (exact) mass is 317 g/mol. The van der Waals surface area contributed by atoms with Crippen LogP contribution in [-0.4, -0.2) is 35.3 Å². The Balaban J connectivity index is 2.00. The highest BCUT2D eigenvalue weighted by molar-refractivity contribution is 7.80. The molecule has 5 nitrogen and oxygen atoms in total. The van der Waals surface area contributed by atoms with Gasteiger partial charge in [-0.05, 0) is 43.5 Å². The van der Waals surface area contributed by atoms with Crippen LogP contribution in [0.2, 0.25) is 0 Å². The first-order valence-electron chi connectivity index (χ1n) is 7.13. The van der Waals surface area contributed by atoms with Gasteiger partial charge in [0.15, 0.2) is 5.11 Å². The fourth-order valence-electron chi connectivity index (χ4n) is 1.84. The van der Waals surface area contributed by atoms with E-state index < -0.39 is 12.0 Å². The average molecular weight is 317 g/mol. The van der Waals surface area contributed by atoms with Crippen molar-refractivity contribution in [2.24, 2.45) is 5.73 Å². The molecule has 0 aliphatic carbocycles. The number of carboxylic acid groups (broad SMARTS) is 1. The Bertz CT molecular complexity index is 440. The first kappa shape index (κ1) is 17.4. The molecule has 116 valence electrons. The third-order valence-electron chi connectivity index (χ3n) is 3.09. The van der Waals surface area contributed by atoms with E-state index in [4.69, 9.17) is 23.1 Å². The first-order valence-corrected chi connectivity index (χ1v) is 7.54. The zero-order valence-electron chi connectivity index (χ0n) is 12.0.